The summed E-state index contributed by atoms with van der Waals surface area (Å²) >= 11 is 5.68. The number of rotatable bonds is 1. The number of ether oxygens (including phenoxy) is 1. The van der Waals surface area contributed by atoms with E-state index in [1.807, 2.05) is 20.8 Å². The van der Waals surface area contributed by atoms with E-state index in [9.17, 15) is 9.59 Å². The van der Waals surface area contributed by atoms with E-state index in [-0.39, 0.29) is 22.8 Å². The van der Waals surface area contributed by atoms with Crippen molar-refractivity contribution in [1.82, 2.24) is 20.0 Å². The van der Waals surface area contributed by atoms with Crippen molar-refractivity contribution in [3.8, 4) is 0 Å². The van der Waals surface area contributed by atoms with Gasteiger partial charge in [-0.3, -0.25) is 4.79 Å². The van der Waals surface area contributed by atoms with E-state index in [0.717, 1.165) is 0 Å². The van der Waals surface area contributed by atoms with Crippen molar-refractivity contribution < 1.29 is 14.3 Å². The molecule has 0 spiro atoms. The van der Waals surface area contributed by atoms with Crippen LogP contribution in [0.4, 0.5) is 4.79 Å². The first-order valence-corrected chi connectivity index (χ1v) is 7.90. The highest BCUT2D eigenvalue weighted by Gasteiger charge is 2.26. The van der Waals surface area contributed by atoms with Gasteiger partial charge < -0.3 is 14.5 Å². The second-order valence-corrected chi connectivity index (χ2v) is 6.74. The number of carbonyl (C=O) groups is 2. The summed E-state index contributed by atoms with van der Waals surface area (Å²) < 4.78 is 5.37. The highest BCUT2D eigenvalue weighted by Crippen LogP contribution is 2.13. The van der Waals surface area contributed by atoms with Crippen molar-refractivity contribution in [1.29, 1.82) is 0 Å². The molecule has 1 aliphatic rings. The standard InChI is InChI=1S/C15H21ClN4O3/c1-15(2,3)23-14(22)20-8-4-7-19(9-10-20)13(21)11-5-6-12(16)18-17-11/h5-6H,4,7-10H2,1-3H3. The lowest BCUT2D eigenvalue weighted by atomic mass is 10.2. The van der Waals surface area contributed by atoms with Crippen LogP contribution in [-0.4, -0.2) is 63.8 Å². The largest absolute Gasteiger partial charge is 0.444 e. The number of nitrogens with zero attached hydrogens (tertiary/aromatic N) is 4. The minimum absolute atomic E-state index is 0.208. The molecule has 126 valence electrons. The Labute approximate surface area is 140 Å². The third kappa shape index (κ3) is 5.06. The number of hydrogen-bond donors (Lipinski definition) is 0. The maximum atomic E-state index is 12.4. The molecule has 0 saturated carbocycles. The fourth-order valence-corrected chi connectivity index (χ4v) is 2.32. The first-order valence-electron chi connectivity index (χ1n) is 7.53. The molecule has 2 rings (SSSR count). The average molecular weight is 341 g/mol. The minimum atomic E-state index is -0.530. The lowest BCUT2D eigenvalue weighted by Crippen LogP contribution is -2.40. The van der Waals surface area contributed by atoms with Gasteiger partial charge in [-0.15, -0.1) is 10.2 Å². The fourth-order valence-electron chi connectivity index (χ4n) is 2.22. The Morgan fingerprint density at radius 3 is 2.35 bits per heavy atom. The van der Waals surface area contributed by atoms with E-state index in [0.29, 0.717) is 32.6 Å². The molecule has 0 atom stereocenters. The molecule has 2 heterocycles. The zero-order chi connectivity index (χ0) is 17.0. The molecule has 1 fully saturated rings. The quantitative estimate of drug-likeness (QED) is 0.783. The van der Waals surface area contributed by atoms with Crippen molar-refractivity contribution >= 4 is 23.6 Å². The lowest BCUT2D eigenvalue weighted by Gasteiger charge is -2.26. The van der Waals surface area contributed by atoms with E-state index in [1.165, 1.54) is 6.07 Å². The summed E-state index contributed by atoms with van der Waals surface area (Å²) in [5.41, 5.74) is -0.280. The molecule has 7 nitrogen and oxygen atoms in total. The summed E-state index contributed by atoms with van der Waals surface area (Å²) in [5.74, 6) is -0.208. The van der Waals surface area contributed by atoms with Crippen molar-refractivity contribution in [2.45, 2.75) is 32.8 Å². The summed E-state index contributed by atoms with van der Waals surface area (Å²) in [6.45, 7) is 7.48. The minimum Gasteiger partial charge on any atom is -0.444 e. The molecular weight excluding hydrogens is 320 g/mol. The number of amides is 2. The maximum absolute atomic E-state index is 12.4. The molecule has 8 heteroatoms. The van der Waals surface area contributed by atoms with E-state index in [1.54, 1.807) is 15.9 Å². The van der Waals surface area contributed by atoms with Crippen LogP contribution in [0.1, 0.15) is 37.7 Å². The van der Waals surface area contributed by atoms with Crippen LogP contribution < -0.4 is 0 Å². The van der Waals surface area contributed by atoms with Crippen LogP contribution in [0.3, 0.4) is 0 Å². The third-order valence-corrected chi connectivity index (χ3v) is 3.49. The predicted octanol–water partition coefficient (Wildman–Crippen LogP) is 2.21. The smallest absolute Gasteiger partial charge is 0.410 e. The van der Waals surface area contributed by atoms with Gasteiger partial charge in [0.1, 0.15) is 5.60 Å². The SMILES string of the molecule is CC(C)(C)OC(=O)N1CCCN(C(=O)c2ccc(Cl)nn2)CC1. The van der Waals surface area contributed by atoms with Gasteiger partial charge in [-0.05, 0) is 39.3 Å². The Balaban J connectivity index is 1.97. The van der Waals surface area contributed by atoms with Crippen molar-refractivity contribution in [2.24, 2.45) is 0 Å². The zero-order valence-corrected chi connectivity index (χ0v) is 14.3. The number of halogens is 1. The lowest BCUT2D eigenvalue weighted by molar-refractivity contribution is 0.0255. The third-order valence-electron chi connectivity index (χ3n) is 3.29. The summed E-state index contributed by atoms with van der Waals surface area (Å²) in [6.07, 6.45) is 0.338. The molecule has 2 amide bonds. The van der Waals surface area contributed by atoms with E-state index < -0.39 is 5.60 Å². The first-order chi connectivity index (χ1) is 10.8. The average Bonchev–Trinajstić information content (AvgIpc) is 2.71. The number of hydrogen-bond acceptors (Lipinski definition) is 5. The molecule has 0 aliphatic carbocycles. The molecule has 0 unspecified atom stereocenters. The van der Waals surface area contributed by atoms with Gasteiger partial charge in [0.25, 0.3) is 5.91 Å². The summed E-state index contributed by atoms with van der Waals surface area (Å²) in [5, 5.41) is 7.74. The van der Waals surface area contributed by atoms with Crippen LogP contribution in [0.2, 0.25) is 5.15 Å². The molecule has 0 aromatic carbocycles. The molecule has 1 saturated heterocycles. The monoisotopic (exact) mass is 340 g/mol. The van der Waals surface area contributed by atoms with Gasteiger partial charge in [-0.25, -0.2) is 4.79 Å². The zero-order valence-electron chi connectivity index (χ0n) is 13.6. The number of carbonyl (C=O) groups excluding carboxylic acids is 2. The Kier molecular flexibility index (Phi) is 5.41. The van der Waals surface area contributed by atoms with Crippen LogP contribution in [0.15, 0.2) is 12.1 Å². The summed E-state index contributed by atoms with van der Waals surface area (Å²) in [6, 6.07) is 3.08. The van der Waals surface area contributed by atoms with E-state index in [4.69, 9.17) is 16.3 Å². The highest BCUT2D eigenvalue weighted by atomic mass is 35.5. The van der Waals surface area contributed by atoms with Crippen LogP contribution >= 0.6 is 11.6 Å². The molecule has 1 aromatic rings. The van der Waals surface area contributed by atoms with Gasteiger partial charge >= 0.3 is 6.09 Å². The van der Waals surface area contributed by atoms with Crippen molar-refractivity contribution in [3.05, 3.63) is 23.0 Å². The van der Waals surface area contributed by atoms with E-state index in [2.05, 4.69) is 10.2 Å². The molecule has 0 bridgehead atoms. The Bertz CT molecular complexity index is 571. The Hall–Kier alpha value is -1.89. The van der Waals surface area contributed by atoms with Gasteiger partial charge in [0, 0.05) is 26.2 Å². The normalized spacial score (nSPS) is 16.0. The van der Waals surface area contributed by atoms with Crippen LogP contribution in [0.25, 0.3) is 0 Å². The highest BCUT2D eigenvalue weighted by molar-refractivity contribution is 6.29. The molecule has 1 aliphatic heterocycles. The fraction of sp³-hybridized carbons (Fsp3) is 0.600. The second kappa shape index (κ2) is 7.12. The maximum Gasteiger partial charge on any atom is 0.410 e. The summed E-state index contributed by atoms with van der Waals surface area (Å²) in [7, 11) is 0. The first kappa shape index (κ1) is 17.5. The Morgan fingerprint density at radius 1 is 1.09 bits per heavy atom. The molecule has 1 aromatic heterocycles. The predicted molar refractivity (Wildman–Crippen MR) is 85.4 cm³/mol. The van der Waals surface area contributed by atoms with Crippen molar-refractivity contribution in [2.75, 3.05) is 26.2 Å². The van der Waals surface area contributed by atoms with Gasteiger partial charge in [0.2, 0.25) is 0 Å². The second-order valence-electron chi connectivity index (χ2n) is 6.35. The van der Waals surface area contributed by atoms with Crippen LogP contribution in [-0.2, 0) is 4.74 Å². The van der Waals surface area contributed by atoms with Gasteiger partial charge in [-0.2, -0.15) is 0 Å². The number of aromatic nitrogens is 2. The molecule has 23 heavy (non-hydrogen) atoms. The topological polar surface area (TPSA) is 75.6 Å². The molecular formula is C15H21ClN4O3. The van der Waals surface area contributed by atoms with Crippen LogP contribution in [0.5, 0.6) is 0 Å². The molecule has 0 N–H and O–H groups in total. The van der Waals surface area contributed by atoms with Crippen molar-refractivity contribution in [3.63, 3.8) is 0 Å². The van der Waals surface area contributed by atoms with Crippen LogP contribution in [0, 0.1) is 0 Å². The van der Waals surface area contributed by atoms with Gasteiger partial charge in [0.15, 0.2) is 10.8 Å². The van der Waals surface area contributed by atoms with Gasteiger partial charge in [-0.1, -0.05) is 11.6 Å². The van der Waals surface area contributed by atoms with E-state index >= 15 is 0 Å². The Morgan fingerprint density at radius 2 is 1.74 bits per heavy atom. The summed E-state index contributed by atoms with van der Waals surface area (Å²) in [4.78, 5) is 27.8. The van der Waals surface area contributed by atoms with Gasteiger partial charge in [0.05, 0.1) is 0 Å². The molecule has 0 radical (unpaired) electrons.